The molecule has 0 aliphatic carbocycles. The van der Waals surface area contributed by atoms with E-state index < -0.39 is 5.91 Å². The molecule has 0 fully saturated rings. The van der Waals surface area contributed by atoms with Gasteiger partial charge in [-0.15, -0.1) is 0 Å². The number of nitrogens with zero attached hydrogens (tertiary/aromatic N) is 2. The topological polar surface area (TPSA) is 85.4 Å². The molecule has 0 bridgehead atoms. The fraction of sp³-hybridized carbons (Fsp3) is 0.150. The van der Waals surface area contributed by atoms with Gasteiger partial charge in [0.15, 0.2) is 0 Å². The van der Waals surface area contributed by atoms with Crippen molar-refractivity contribution in [1.29, 1.82) is 0 Å². The highest BCUT2D eigenvalue weighted by atomic mass is 35.5. The highest BCUT2D eigenvalue weighted by Crippen LogP contribution is 2.29. The van der Waals surface area contributed by atoms with Crippen molar-refractivity contribution < 1.29 is 14.3 Å². The monoisotopic (exact) mass is 398 g/mol. The third-order valence-electron chi connectivity index (χ3n) is 4.02. The minimum atomic E-state index is -0.403. The number of carbonyl (C=O) groups excluding carboxylic acids is 1. The number of anilines is 3. The molecular formula is C20H19ClN4O3. The number of aromatic nitrogens is 2. The molecular weight excluding hydrogens is 380 g/mol. The normalized spacial score (nSPS) is 10.3. The molecule has 0 aliphatic heterocycles. The van der Waals surface area contributed by atoms with Gasteiger partial charge in [0.1, 0.15) is 29.3 Å². The van der Waals surface area contributed by atoms with Gasteiger partial charge in [0.2, 0.25) is 0 Å². The number of carbonyl (C=O) groups is 1. The summed E-state index contributed by atoms with van der Waals surface area (Å²) in [5.74, 6) is 1.18. The van der Waals surface area contributed by atoms with Crippen molar-refractivity contribution in [1.82, 2.24) is 9.97 Å². The van der Waals surface area contributed by atoms with Gasteiger partial charge < -0.3 is 20.1 Å². The summed E-state index contributed by atoms with van der Waals surface area (Å²) in [4.78, 5) is 20.9. The summed E-state index contributed by atoms with van der Waals surface area (Å²) in [6.45, 7) is 1.95. The second kappa shape index (κ2) is 8.58. The number of benzene rings is 2. The second-order valence-electron chi connectivity index (χ2n) is 5.89. The first-order valence-corrected chi connectivity index (χ1v) is 8.76. The molecule has 0 aliphatic rings. The Bertz CT molecular complexity index is 1010. The second-order valence-corrected chi connectivity index (χ2v) is 6.33. The molecule has 1 heterocycles. The lowest BCUT2D eigenvalue weighted by Gasteiger charge is -2.12. The molecule has 1 aromatic heterocycles. The molecule has 0 unspecified atom stereocenters. The lowest BCUT2D eigenvalue weighted by molar-refractivity contribution is 0.102. The van der Waals surface area contributed by atoms with Gasteiger partial charge in [0.05, 0.1) is 19.9 Å². The lowest BCUT2D eigenvalue weighted by atomic mass is 10.2. The molecule has 7 nitrogen and oxygen atoms in total. The van der Waals surface area contributed by atoms with E-state index in [1.807, 2.05) is 19.1 Å². The van der Waals surface area contributed by atoms with Crippen molar-refractivity contribution in [3.63, 3.8) is 0 Å². The summed E-state index contributed by atoms with van der Waals surface area (Å²) in [6, 6.07) is 12.2. The van der Waals surface area contributed by atoms with Gasteiger partial charge in [-0.05, 0) is 36.8 Å². The van der Waals surface area contributed by atoms with E-state index in [2.05, 4.69) is 20.6 Å². The third kappa shape index (κ3) is 4.50. The average Bonchev–Trinajstić information content (AvgIpc) is 2.71. The summed E-state index contributed by atoms with van der Waals surface area (Å²) in [5, 5.41) is 6.54. The summed E-state index contributed by atoms with van der Waals surface area (Å²) in [5.41, 5.74) is 2.47. The molecule has 2 aromatic carbocycles. The Balaban J connectivity index is 1.82. The highest BCUT2D eigenvalue weighted by Gasteiger charge is 2.13. The Kier molecular flexibility index (Phi) is 5.96. The molecule has 2 N–H and O–H groups in total. The van der Waals surface area contributed by atoms with Crippen LogP contribution < -0.4 is 20.1 Å². The predicted molar refractivity (Wildman–Crippen MR) is 109 cm³/mol. The SMILES string of the molecule is COc1ccc(OC)c(NC(=O)c2cc(Nc3cc(Cl)ccc3C)ncn2)c1. The predicted octanol–water partition coefficient (Wildman–Crippen LogP) is 4.45. The van der Waals surface area contributed by atoms with E-state index in [1.165, 1.54) is 13.4 Å². The Morgan fingerprint density at radius 3 is 2.57 bits per heavy atom. The van der Waals surface area contributed by atoms with Crippen LogP contribution in [-0.2, 0) is 0 Å². The number of rotatable bonds is 6. The van der Waals surface area contributed by atoms with Crippen LogP contribution in [0.25, 0.3) is 0 Å². The minimum absolute atomic E-state index is 0.196. The van der Waals surface area contributed by atoms with E-state index in [9.17, 15) is 4.79 Å². The number of amides is 1. The van der Waals surface area contributed by atoms with Crippen LogP contribution in [0.2, 0.25) is 5.02 Å². The summed E-state index contributed by atoms with van der Waals surface area (Å²) < 4.78 is 10.5. The maximum atomic E-state index is 12.7. The van der Waals surface area contributed by atoms with Crippen LogP contribution in [0.3, 0.4) is 0 Å². The van der Waals surface area contributed by atoms with Gasteiger partial charge in [-0.3, -0.25) is 4.79 Å². The zero-order chi connectivity index (χ0) is 20.1. The van der Waals surface area contributed by atoms with Crippen molar-refractivity contribution in [2.75, 3.05) is 24.9 Å². The average molecular weight is 399 g/mol. The zero-order valence-corrected chi connectivity index (χ0v) is 16.4. The highest BCUT2D eigenvalue weighted by molar-refractivity contribution is 6.30. The first-order valence-electron chi connectivity index (χ1n) is 8.38. The number of methoxy groups -OCH3 is 2. The Hall–Kier alpha value is -3.32. The van der Waals surface area contributed by atoms with Crippen LogP contribution in [0.1, 0.15) is 16.1 Å². The number of aryl methyl sites for hydroxylation is 1. The lowest BCUT2D eigenvalue weighted by Crippen LogP contribution is -2.15. The fourth-order valence-corrected chi connectivity index (χ4v) is 2.69. The molecule has 0 saturated heterocycles. The van der Waals surface area contributed by atoms with E-state index in [0.29, 0.717) is 28.0 Å². The number of hydrogen-bond donors (Lipinski definition) is 2. The standard InChI is InChI=1S/C20H19ClN4O3/c1-12-4-5-13(21)8-15(12)24-19-10-17(22-11-23-19)20(26)25-16-9-14(27-2)6-7-18(16)28-3/h4-11H,1-3H3,(H,25,26)(H,22,23,24). The van der Waals surface area contributed by atoms with Crippen LogP contribution in [0.15, 0.2) is 48.8 Å². The van der Waals surface area contributed by atoms with Gasteiger partial charge in [-0.25, -0.2) is 9.97 Å². The van der Waals surface area contributed by atoms with Crippen LogP contribution >= 0.6 is 11.6 Å². The zero-order valence-electron chi connectivity index (χ0n) is 15.6. The molecule has 8 heteroatoms. The summed E-state index contributed by atoms with van der Waals surface area (Å²) in [6.07, 6.45) is 1.32. The van der Waals surface area contributed by atoms with E-state index >= 15 is 0 Å². The van der Waals surface area contributed by atoms with Crippen LogP contribution in [0, 0.1) is 6.92 Å². The van der Waals surface area contributed by atoms with Gasteiger partial charge in [0.25, 0.3) is 5.91 Å². The number of hydrogen-bond acceptors (Lipinski definition) is 6. The van der Waals surface area contributed by atoms with Gasteiger partial charge in [0, 0.05) is 22.8 Å². The quantitative estimate of drug-likeness (QED) is 0.638. The molecule has 3 rings (SSSR count). The maximum Gasteiger partial charge on any atom is 0.274 e. The molecule has 28 heavy (non-hydrogen) atoms. The number of nitrogens with one attached hydrogen (secondary N) is 2. The van der Waals surface area contributed by atoms with Crippen molar-refractivity contribution in [2.24, 2.45) is 0 Å². The molecule has 0 spiro atoms. The van der Waals surface area contributed by atoms with Gasteiger partial charge in [-0.1, -0.05) is 17.7 Å². The van der Waals surface area contributed by atoms with Crippen molar-refractivity contribution in [2.45, 2.75) is 6.92 Å². The van der Waals surface area contributed by atoms with Gasteiger partial charge in [-0.2, -0.15) is 0 Å². The van der Waals surface area contributed by atoms with Crippen LogP contribution in [0.5, 0.6) is 11.5 Å². The Labute approximate surface area is 167 Å². The van der Waals surface area contributed by atoms with Crippen molar-refractivity contribution in [3.8, 4) is 11.5 Å². The van der Waals surface area contributed by atoms with E-state index in [4.69, 9.17) is 21.1 Å². The van der Waals surface area contributed by atoms with Crippen LogP contribution in [0.4, 0.5) is 17.2 Å². The number of ether oxygens (including phenoxy) is 2. The smallest absolute Gasteiger partial charge is 0.274 e. The molecule has 3 aromatic rings. The molecule has 0 atom stereocenters. The molecule has 0 saturated carbocycles. The van der Waals surface area contributed by atoms with E-state index in [0.717, 1.165) is 11.3 Å². The van der Waals surface area contributed by atoms with Crippen molar-refractivity contribution >= 4 is 34.7 Å². The first-order chi connectivity index (χ1) is 13.5. The maximum absolute atomic E-state index is 12.7. The Morgan fingerprint density at radius 1 is 1.00 bits per heavy atom. The van der Waals surface area contributed by atoms with Gasteiger partial charge >= 0.3 is 0 Å². The number of halogens is 1. The first kappa shape index (κ1) is 19.4. The van der Waals surface area contributed by atoms with Crippen molar-refractivity contribution in [3.05, 3.63) is 65.1 Å². The molecule has 144 valence electrons. The largest absolute Gasteiger partial charge is 0.497 e. The molecule has 1 amide bonds. The van der Waals surface area contributed by atoms with E-state index in [-0.39, 0.29) is 5.69 Å². The minimum Gasteiger partial charge on any atom is -0.497 e. The Morgan fingerprint density at radius 2 is 1.82 bits per heavy atom. The summed E-state index contributed by atoms with van der Waals surface area (Å²) >= 11 is 6.05. The summed E-state index contributed by atoms with van der Waals surface area (Å²) in [7, 11) is 3.07. The van der Waals surface area contributed by atoms with E-state index in [1.54, 1.807) is 37.4 Å². The third-order valence-corrected chi connectivity index (χ3v) is 4.25. The van der Waals surface area contributed by atoms with Crippen LogP contribution in [-0.4, -0.2) is 30.1 Å². The fourth-order valence-electron chi connectivity index (χ4n) is 2.51. The molecule has 0 radical (unpaired) electrons.